The van der Waals surface area contributed by atoms with E-state index in [4.69, 9.17) is 4.74 Å². The quantitative estimate of drug-likeness (QED) is 0.901. The molecule has 1 aromatic heterocycles. The molecule has 1 unspecified atom stereocenters. The number of likely N-dealkylation sites (tertiary alicyclic amines) is 1. The number of amides is 1. The fourth-order valence-corrected chi connectivity index (χ4v) is 2.97. The Labute approximate surface area is 131 Å². The normalized spacial score (nSPS) is 22.8. The van der Waals surface area contributed by atoms with Crippen molar-refractivity contribution in [3.8, 4) is 0 Å². The van der Waals surface area contributed by atoms with Gasteiger partial charge < -0.3 is 19.9 Å². The SMILES string of the molecule is CN1CCOC(CNc2cc(C(=O)N3CCCC3)ccn2)C1. The van der Waals surface area contributed by atoms with Crippen LogP contribution in [0.25, 0.3) is 0 Å². The molecule has 3 heterocycles. The lowest BCUT2D eigenvalue weighted by Gasteiger charge is -2.30. The van der Waals surface area contributed by atoms with Gasteiger partial charge in [-0.15, -0.1) is 0 Å². The van der Waals surface area contributed by atoms with Crippen molar-refractivity contribution >= 4 is 11.7 Å². The summed E-state index contributed by atoms with van der Waals surface area (Å²) in [6, 6.07) is 3.63. The van der Waals surface area contributed by atoms with Crippen LogP contribution in [0.2, 0.25) is 0 Å². The molecule has 0 bridgehead atoms. The van der Waals surface area contributed by atoms with E-state index in [1.165, 1.54) is 0 Å². The summed E-state index contributed by atoms with van der Waals surface area (Å²) >= 11 is 0. The van der Waals surface area contributed by atoms with Crippen LogP contribution < -0.4 is 5.32 Å². The highest BCUT2D eigenvalue weighted by atomic mass is 16.5. The molecular formula is C16H24N4O2. The first kappa shape index (κ1) is 15.2. The van der Waals surface area contributed by atoms with Crippen LogP contribution in [0.4, 0.5) is 5.82 Å². The minimum absolute atomic E-state index is 0.108. The van der Waals surface area contributed by atoms with Crippen LogP contribution in [0.1, 0.15) is 23.2 Å². The predicted molar refractivity (Wildman–Crippen MR) is 85.1 cm³/mol. The van der Waals surface area contributed by atoms with Crippen LogP contribution in [0.3, 0.4) is 0 Å². The molecule has 3 rings (SSSR count). The summed E-state index contributed by atoms with van der Waals surface area (Å²) in [4.78, 5) is 20.9. The number of hydrogen-bond donors (Lipinski definition) is 1. The van der Waals surface area contributed by atoms with Crippen molar-refractivity contribution in [2.45, 2.75) is 18.9 Å². The number of hydrogen-bond acceptors (Lipinski definition) is 5. The smallest absolute Gasteiger partial charge is 0.254 e. The molecule has 120 valence electrons. The minimum atomic E-state index is 0.108. The highest BCUT2D eigenvalue weighted by molar-refractivity contribution is 5.95. The maximum atomic E-state index is 12.4. The highest BCUT2D eigenvalue weighted by Gasteiger charge is 2.20. The number of morpholine rings is 1. The lowest BCUT2D eigenvalue weighted by molar-refractivity contribution is -0.0117. The number of carbonyl (C=O) groups is 1. The van der Waals surface area contributed by atoms with Crippen LogP contribution in [0, 0.1) is 0 Å². The summed E-state index contributed by atoms with van der Waals surface area (Å²) in [5, 5.41) is 3.29. The molecule has 2 saturated heterocycles. The second-order valence-corrected chi connectivity index (χ2v) is 6.07. The van der Waals surface area contributed by atoms with Gasteiger partial charge in [0, 0.05) is 44.5 Å². The van der Waals surface area contributed by atoms with Gasteiger partial charge >= 0.3 is 0 Å². The monoisotopic (exact) mass is 304 g/mol. The van der Waals surface area contributed by atoms with Crippen molar-refractivity contribution in [2.75, 3.05) is 51.7 Å². The van der Waals surface area contributed by atoms with E-state index in [1.54, 1.807) is 12.3 Å². The molecule has 1 atom stereocenters. The van der Waals surface area contributed by atoms with Crippen LogP contribution in [0.15, 0.2) is 18.3 Å². The second kappa shape index (κ2) is 7.07. The van der Waals surface area contributed by atoms with E-state index in [1.807, 2.05) is 11.0 Å². The summed E-state index contributed by atoms with van der Waals surface area (Å²) in [5.74, 6) is 0.846. The van der Waals surface area contributed by atoms with Gasteiger partial charge in [0.05, 0.1) is 12.7 Å². The van der Waals surface area contributed by atoms with E-state index in [0.29, 0.717) is 12.1 Å². The molecule has 1 N–H and O–H groups in total. The Kier molecular flexibility index (Phi) is 4.90. The van der Waals surface area contributed by atoms with Gasteiger partial charge in [-0.05, 0) is 32.0 Å². The lowest BCUT2D eigenvalue weighted by atomic mass is 10.2. The molecule has 0 aromatic carbocycles. The number of aromatic nitrogens is 1. The molecule has 6 heteroatoms. The largest absolute Gasteiger partial charge is 0.374 e. The molecule has 0 radical (unpaired) electrons. The van der Waals surface area contributed by atoms with Gasteiger partial charge in [0.25, 0.3) is 5.91 Å². The van der Waals surface area contributed by atoms with Gasteiger partial charge in [0.15, 0.2) is 0 Å². The zero-order valence-electron chi connectivity index (χ0n) is 13.1. The van der Waals surface area contributed by atoms with E-state index in [2.05, 4.69) is 22.2 Å². The Bertz CT molecular complexity index is 517. The standard InChI is InChI=1S/C16H24N4O2/c1-19-8-9-22-14(12-19)11-18-15-10-13(4-5-17-15)16(21)20-6-2-3-7-20/h4-5,10,14H,2-3,6-9,11-12H2,1H3,(H,17,18). The fraction of sp³-hybridized carbons (Fsp3) is 0.625. The number of nitrogens with zero attached hydrogens (tertiary/aromatic N) is 3. The van der Waals surface area contributed by atoms with Crippen molar-refractivity contribution in [1.82, 2.24) is 14.8 Å². The average Bonchev–Trinajstić information content (AvgIpc) is 3.07. The third kappa shape index (κ3) is 3.75. The maximum absolute atomic E-state index is 12.4. The van der Waals surface area contributed by atoms with Crippen molar-refractivity contribution in [1.29, 1.82) is 0 Å². The van der Waals surface area contributed by atoms with Crippen molar-refractivity contribution in [3.63, 3.8) is 0 Å². The van der Waals surface area contributed by atoms with Crippen LogP contribution in [-0.4, -0.2) is 73.2 Å². The molecule has 2 aliphatic rings. The van der Waals surface area contributed by atoms with Gasteiger partial charge in [-0.25, -0.2) is 4.98 Å². The molecule has 1 amide bonds. The summed E-state index contributed by atoms with van der Waals surface area (Å²) < 4.78 is 5.72. The molecular weight excluding hydrogens is 280 g/mol. The number of likely N-dealkylation sites (N-methyl/N-ethyl adjacent to an activating group) is 1. The third-order valence-corrected chi connectivity index (χ3v) is 4.25. The molecule has 2 aliphatic heterocycles. The second-order valence-electron chi connectivity index (χ2n) is 6.07. The molecule has 22 heavy (non-hydrogen) atoms. The molecule has 0 aliphatic carbocycles. The molecule has 0 saturated carbocycles. The van der Waals surface area contributed by atoms with Gasteiger partial charge in [0.2, 0.25) is 0 Å². The number of rotatable bonds is 4. The van der Waals surface area contributed by atoms with Crippen molar-refractivity contribution in [3.05, 3.63) is 23.9 Å². The van der Waals surface area contributed by atoms with E-state index >= 15 is 0 Å². The molecule has 2 fully saturated rings. The Morgan fingerprint density at radius 3 is 3.00 bits per heavy atom. The van der Waals surface area contributed by atoms with Gasteiger partial charge in [-0.2, -0.15) is 0 Å². The Hall–Kier alpha value is -1.66. The number of anilines is 1. The van der Waals surface area contributed by atoms with Crippen molar-refractivity contribution < 1.29 is 9.53 Å². The summed E-state index contributed by atoms with van der Waals surface area (Å²) in [6.45, 7) is 5.11. The van der Waals surface area contributed by atoms with Crippen LogP contribution >= 0.6 is 0 Å². The zero-order chi connectivity index (χ0) is 15.4. The number of nitrogens with one attached hydrogen (secondary N) is 1. The highest BCUT2D eigenvalue weighted by Crippen LogP contribution is 2.15. The van der Waals surface area contributed by atoms with Gasteiger partial charge in [-0.3, -0.25) is 4.79 Å². The predicted octanol–water partition coefficient (Wildman–Crippen LogP) is 1.06. The van der Waals surface area contributed by atoms with Crippen LogP contribution in [-0.2, 0) is 4.74 Å². The Balaban J connectivity index is 1.57. The van der Waals surface area contributed by atoms with E-state index < -0.39 is 0 Å². The van der Waals surface area contributed by atoms with E-state index in [0.717, 1.165) is 51.4 Å². The van der Waals surface area contributed by atoms with Gasteiger partial charge in [-0.1, -0.05) is 0 Å². The van der Waals surface area contributed by atoms with E-state index in [-0.39, 0.29) is 12.0 Å². The van der Waals surface area contributed by atoms with Crippen LogP contribution in [0.5, 0.6) is 0 Å². The van der Waals surface area contributed by atoms with E-state index in [9.17, 15) is 4.79 Å². The number of carbonyl (C=O) groups excluding carboxylic acids is 1. The summed E-state index contributed by atoms with van der Waals surface area (Å²) in [6.07, 6.45) is 4.07. The summed E-state index contributed by atoms with van der Waals surface area (Å²) in [7, 11) is 2.10. The first-order valence-electron chi connectivity index (χ1n) is 8.02. The number of ether oxygens (including phenoxy) is 1. The first-order chi connectivity index (χ1) is 10.7. The number of pyridine rings is 1. The molecule has 1 aromatic rings. The van der Waals surface area contributed by atoms with Gasteiger partial charge in [0.1, 0.15) is 5.82 Å². The Morgan fingerprint density at radius 1 is 1.41 bits per heavy atom. The minimum Gasteiger partial charge on any atom is -0.374 e. The fourth-order valence-electron chi connectivity index (χ4n) is 2.97. The average molecular weight is 304 g/mol. The third-order valence-electron chi connectivity index (χ3n) is 4.25. The first-order valence-corrected chi connectivity index (χ1v) is 8.02. The molecule has 0 spiro atoms. The summed E-state index contributed by atoms with van der Waals surface area (Å²) in [5.41, 5.74) is 0.709. The molecule has 6 nitrogen and oxygen atoms in total. The lowest BCUT2D eigenvalue weighted by Crippen LogP contribution is -2.43. The Morgan fingerprint density at radius 2 is 2.23 bits per heavy atom. The van der Waals surface area contributed by atoms with Crippen molar-refractivity contribution in [2.24, 2.45) is 0 Å². The zero-order valence-corrected chi connectivity index (χ0v) is 13.1. The maximum Gasteiger partial charge on any atom is 0.254 e. The topological polar surface area (TPSA) is 57.7 Å².